The Morgan fingerprint density at radius 1 is 0.966 bits per heavy atom. The summed E-state index contributed by atoms with van der Waals surface area (Å²) in [7, 11) is 0. The van der Waals surface area contributed by atoms with Crippen LogP contribution in [-0.4, -0.2) is 22.4 Å². The number of benzene rings is 2. The third-order valence-electron chi connectivity index (χ3n) is 5.39. The van der Waals surface area contributed by atoms with Gasteiger partial charge in [0, 0.05) is 29.9 Å². The van der Waals surface area contributed by atoms with Crippen LogP contribution in [0.1, 0.15) is 23.6 Å². The Bertz CT molecular complexity index is 1120. The van der Waals surface area contributed by atoms with E-state index in [0.717, 1.165) is 28.9 Å². The van der Waals surface area contributed by atoms with Gasteiger partial charge in [0.1, 0.15) is 0 Å². The molecule has 0 spiro atoms. The number of amides is 1. The van der Waals surface area contributed by atoms with Crippen LogP contribution in [-0.2, 0) is 4.79 Å². The van der Waals surface area contributed by atoms with Gasteiger partial charge in [-0.05, 0) is 47.4 Å². The van der Waals surface area contributed by atoms with Crippen LogP contribution in [0.2, 0.25) is 0 Å². The molecule has 2 aliphatic rings. The molecule has 0 saturated heterocycles. The zero-order valence-corrected chi connectivity index (χ0v) is 15.8. The van der Waals surface area contributed by atoms with Gasteiger partial charge in [-0.1, -0.05) is 48.5 Å². The molecule has 3 aromatic rings. The van der Waals surface area contributed by atoms with Crippen LogP contribution in [0.25, 0.3) is 5.57 Å². The van der Waals surface area contributed by atoms with Crippen LogP contribution >= 0.6 is 0 Å². The molecule has 5 rings (SSSR count). The standard InChI is InChI=1S/C24H20N4O/c29-23-20-14-17(13-19(20)21(15-26-23)16-7-3-1-4-8-16)22-11-12-25-24(28-22)27-18-9-5-2-6-10-18/h1-12,14,21H,13,15H2,(H,26,29)(H,25,27,28). The molecule has 5 heteroatoms. The van der Waals surface area contributed by atoms with Gasteiger partial charge in [-0.2, -0.15) is 0 Å². The maximum absolute atomic E-state index is 12.5. The monoisotopic (exact) mass is 380 g/mol. The number of allylic oxidation sites excluding steroid dienone is 1. The van der Waals surface area contributed by atoms with Crippen molar-refractivity contribution < 1.29 is 4.79 Å². The lowest BCUT2D eigenvalue weighted by Crippen LogP contribution is -2.35. The molecule has 1 aliphatic heterocycles. The Morgan fingerprint density at radius 3 is 2.52 bits per heavy atom. The Kier molecular flexibility index (Phi) is 4.41. The fourth-order valence-corrected chi connectivity index (χ4v) is 3.97. The Morgan fingerprint density at radius 2 is 1.72 bits per heavy atom. The molecule has 0 radical (unpaired) electrons. The van der Waals surface area contributed by atoms with Crippen molar-refractivity contribution in [2.24, 2.45) is 0 Å². The molecule has 0 fully saturated rings. The van der Waals surface area contributed by atoms with E-state index in [9.17, 15) is 4.79 Å². The SMILES string of the molecule is O=C1NCC(c2ccccc2)C2=C1C=C(c1ccnc(Nc3ccccc3)n1)C2. The molecular weight excluding hydrogens is 360 g/mol. The minimum Gasteiger partial charge on any atom is -0.351 e. The van der Waals surface area contributed by atoms with Gasteiger partial charge in [0.05, 0.1) is 5.69 Å². The summed E-state index contributed by atoms with van der Waals surface area (Å²) in [4.78, 5) is 21.5. The Balaban J connectivity index is 1.42. The molecule has 2 heterocycles. The fraction of sp³-hybridized carbons (Fsp3) is 0.125. The summed E-state index contributed by atoms with van der Waals surface area (Å²) in [6.45, 7) is 0.632. The Hall–Kier alpha value is -3.73. The molecule has 1 aromatic heterocycles. The van der Waals surface area contributed by atoms with Gasteiger partial charge in [-0.25, -0.2) is 9.97 Å². The molecule has 0 saturated carbocycles. The van der Waals surface area contributed by atoms with Crippen molar-refractivity contribution in [3.05, 3.63) is 101 Å². The van der Waals surface area contributed by atoms with E-state index < -0.39 is 0 Å². The largest absolute Gasteiger partial charge is 0.351 e. The first-order valence-corrected chi connectivity index (χ1v) is 9.70. The van der Waals surface area contributed by atoms with Crippen LogP contribution in [0, 0.1) is 0 Å². The van der Waals surface area contributed by atoms with Crippen LogP contribution in [0.4, 0.5) is 11.6 Å². The average Bonchev–Trinajstić information content (AvgIpc) is 3.22. The third kappa shape index (κ3) is 3.43. The zero-order valence-electron chi connectivity index (χ0n) is 15.8. The average molecular weight is 380 g/mol. The van der Waals surface area contributed by atoms with Gasteiger partial charge in [0.15, 0.2) is 0 Å². The van der Waals surface area contributed by atoms with Gasteiger partial charge in [-0.15, -0.1) is 0 Å². The lowest BCUT2D eigenvalue weighted by molar-refractivity contribution is -0.117. The number of para-hydroxylation sites is 1. The summed E-state index contributed by atoms with van der Waals surface area (Å²) < 4.78 is 0. The quantitative estimate of drug-likeness (QED) is 0.711. The number of rotatable bonds is 4. The molecule has 5 nitrogen and oxygen atoms in total. The number of hydrogen-bond donors (Lipinski definition) is 2. The lowest BCUT2D eigenvalue weighted by Gasteiger charge is -2.25. The van der Waals surface area contributed by atoms with Crippen molar-refractivity contribution in [1.29, 1.82) is 0 Å². The van der Waals surface area contributed by atoms with E-state index in [1.165, 1.54) is 11.1 Å². The van der Waals surface area contributed by atoms with E-state index in [-0.39, 0.29) is 11.8 Å². The predicted octanol–water partition coefficient (Wildman–Crippen LogP) is 4.22. The molecule has 29 heavy (non-hydrogen) atoms. The lowest BCUT2D eigenvalue weighted by atomic mass is 9.85. The highest BCUT2D eigenvalue weighted by atomic mass is 16.1. The molecule has 2 aromatic carbocycles. The number of hydrogen-bond acceptors (Lipinski definition) is 4. The second-order valence-electron chi connectivity index (χ2n) is 7.22. The number of nitrogens with zero attached hydrogens (tertiary/aromatic N) is 2. The maximum atomic E-state index is 12.5. The molecule has 2 N–H and O–H groups in total. The van der Waals surface area contributed by atoms with E-state index >= 15 is 0 Å². The van der Waals surface area contributed by atoms with E-state index in [1.54, 1.807) is 6.20 Å². The summed E-state index contributed by atoms with van der Waals surface area (Å²) in [6.07, 6.45) is 4.46. The minimum atomic E-state index is -0.00105. The van der Waals surface area contributed by atoms with Gasteiger partial charge >= 0.3 is 0 Å². The molecule has 0 bridgehead atoms. The van der Waals surface area contributed by atoms with Gasteiger partial charge in [-0.3, -0.25) is 4.79 Å². The number of carbonyl (C=O) groups excluding carboxylic acids is 1. The first kappa shape index (κ1) is 17.4. The van der Waals surface area contributed by atoms with Crippen LogP contribution in [0.5, 0.6) is 0 Å². The molecule has 1 unspecified atom stereocenters. The van der Waals surface area contributed by atoms with E-state index in [0.29, 0.717) is 12.5 Å². The van der Waals surface area contributed by atoms with Crippen molar-refractivity contribution in [3.63, 3.8) is 0 Å². The molecule has 1 atom stereocenters. The Labute approximate surface area is 169 Å². The number of aromatic nitrogens is 2. The number of anilines is 2. The van der Waals surface area contributed by atoms with Gasteiger partial charge < -0.3 is 10.6 Å². The van der Waals surface area contributed by atoms with Gasteiger partial charge in [0.2, 0.25) is 5.95 Å². The second kappa shape index (κ2) is 7.36. The van der Waals surface area contributed by atoms with Crippen LogP contribution in [0.3, 0.4) is 0 Å². The van der Waals surface area contributed by atoms with Crippen molar-refractivity contribution in [2.45, 2.75) is 12.3 Å². The highest BCUT2D eigenvalue weighted by Gasteiger charge is 2.32. The predicted molar refractivity (Wildman–Crippen MR) is 114 cm³/mol. The summed E-state index contributed by atoms with van der Waals surface area (Å²) in [5, 5.41) is 6.26. The second-order valence-corrected chi connectivity index (χ2v) is 7.22. The van der Waals surface area contributed by atoms with Crippen molar-refractivity contribution in [2.75, 3.05) is 11.9 Å². The van der Waals surface area contributed by atoms with Crippen LogP contribution < -0.4 is 10.6 Å². The molecule has 1 aliphatic carbocycles. The minimum absolute atomic E-state index is 0.00105. The zero-order chi connectivity index (χ0) is 19.6. The third-order valence-corrected chi connectivity index (χ3v) is 5.39. The fourth-order valence-electron chi connectivity index (χ4n) is 3.97. The van der Waals surface area contributed by atoms with E-state index in [1.807, 2.05) is 60.7 Å². The van der Waals surface area contributed by atoms with Crippen molar-refractivity contribution in [1.82, 2.24) is 15.3 Å². The summed E-state index contributed by atoms with van der Waals surface area (Å²) in [5.41, 5.74) is 6.00. The summed E-state index contributed by atoms with van der Waals surface area (Å²) in [5.74, 6) is 0.740. The van der Waals surface area contributed by atoms with Gasteiger partial charge in [0.25, 0.3) is 5.91 Å². The molecule has 1 amide bonds. The maximum Gasteiger partial charge on any atom is 0.251 e. The van der Waals surface area contributed by atoms with Crippen LogP contribution in [0.15, 0.2) is 90.1 Å². The highest BCUT2D eigenvalue weighted by molar-refractivity contribution is 6.02. The first-order chi connectivity index (χ1) is 14.3. The smallest absolute Gasteiger partial charge is 0.251 e. The van der Waals surface area contributed by atoms with E-state index in [4.69, 9.17) is 0 Å². The number of carbonyl (C=O) groups is 1. The molecule has 142 valence electrons. The normalized spacial score (nSPS) is 18.1. The molecular formula is C24H20N4O. The van der Waals surface area contributed by atoms with Crippen molar-refractivity contribution >= 4 is 23.1 Å². The van der Waals surface area contributed by atoms with E-state index in [2.05, 4.69) is 32.7 Å². The van der Waals surface area contributed by atoms with Crippen molar-refractivity contribution in [3.8, 4) is 0 Å². The summed E-state index contributed by atoms with van der Waals surface area (Å²) >= 11 is 0. The summed E-state index contributed by atoms with van der Waals surface area (Å²) in [6, 6.07) is 22.1. The number of nitrogens with one attached hydrogen (secondary N) is 2. The first-order valence-electron chi connectivity index (χ1n) is 9.70. The topological polar surface area (TPSA) is 66.9 Å². The highest BCUT2D eigenvalue weighted by Crippen LogP contribution is 2.41.